The Morgan fingerprint density at radius 3 is 2.43 bits per heavy atom. The van der Waals surface area contributed by atoms with Crippen LogP contribution in [0.2, 0.25) is 0 Å². The molecule has 0 aliphatic carbocycles. The number of rotatable bonds is 9. The zero-order valence-electron chi connectivity index (χ0n) is 17.2. The van der Waals surface area contributed by atoms with E-state index in [0.29, 0.717) is 31.8 Å². The van der Waals surface area contributed by atoms with E-state index in [-0.39, 0.29) is 11.9 Å². The van der Waals surface area contributed by atoms with Gasteiger partial charge in [-0.2, -0.15) is 4.80 Å². The molecular weight excluding hydrogens is 376 g/mol. The second-order valence-electron chi connectivity index (χ2n) is 7.65. The molecule has 1 atom stereocenters. The minimum atomic E-state index is 0.0681. The first-order valence-corrected chi connectivity index (χ1v) is 10.7. The highest BCUT2D eigenvalue weighted by atomic mass is 16.1. The summed E-state index contributed by atoms with van der Waals surface area (Å²) in [6, 6.07) is 20.5. The number of likely N-dealkylation sites (tertiary alicyclic amines) is 1. The molecule has 7 nitrogen and oxygen atoms in total. The first-order chi connectivity index (χ1) is 14.8. The summed E-state index contributed by atoms with van der Waals surface area (Å²) >= 11 is 0. The normalized spacial score (nSPS) is 15.2. The molecule has 2 heterocycles. The van der Waals surface area contributed by atoms with Crippen LogP contribution in [0.4, 0.5) is 0 Å². The Hall–Kier alpha value is -3.06. The number of tetrazole rings is 1. The monoisotopic (exact) mass is 404 g/mol. The van der Waals surface area contributed by atoms with Gasteiger partial charge in [-0.1, -0.05) is 60.7 Å². The number of benzene rings is 2. The van der Waals surface area contributed by atoms with Gasteiger partial charge in [0.2, 0.25) is 11.7 Å². The van der Waals surface area contributed by atoms with Crippen LogP contribution in [0.1, 0.15) is 37.3 Å². The quantitative estimate of drug-likeness (QED) is 0.593. The Morgan fingerprint density at radius 2 is 1.70 bits per heavy atom. The predicted molar refractivity (Wildman–Crippen MR) is 115 cm³/mol. The molecule has 1 N–H and O–H groups in total. The summed E-state index contributed by atoms with van der Waals surface area (Å²) in [6.45, 7) is 3.40. The molecule has 4 rings (SSSR count). The number of hydrogen-bond donors (Lipinski definition) is 1. The van der Waals surface area contributed by atoms with Gasteiger partial charge in [-0.15, -0.1) is 10.2 Å². The zero-order chi connectivity index (χ0) is 20.6. The van der Waals surface area contributed by atoms with Crippen molar-refractivity contribution in [2.45, 2.75) is 38.3 Å². The lowest BCUT2D eigenvalue weighted by Gasteiger charge is -2.28. The summed E-state index contributed by atoms with van der Waals surface area (Å²) in [5.41, 5.74) is 2.20. The smallest absolute Gasteiger partial charge is 0.220 e. The summed E-state index contributed by atoms with van der Waals surface area (Å²) < 4.78 is 0. The van der Waals surface area contributed by atoms with Crippen LogP contribution in [0, 0.1) is 0 Å². The third-order valence-electron chi connectivity index (χ3n) is 5.51. The number of nitrogens with one attached hydrogen (secondary N) is 1. The number of aromatic nitrogens is 4. The highest BCUT2D eigenvalue weighted by Crippen LogP contribution is 2.24. The van der Waals surface area contributed by atoms with Crippen molar-refractivity contribution in [3.05, 3.63) is 66.2 Å². The van der Waals surface area contributed by atoms with Crippen molar-refractivity contribution in [2.75, 3.05) is 19.6 Å². The van der Waals surface area contributed by atoms with E-state index in [2.05, 4.69) is 49.9 Å². The van der Waals surface area contributed by atoms with E-state index in [1.807, 2.05) is 36.4 Å². The Labute approximate surface area is 177 Å². The Morgan fingerprint density at radius 1 is 1.00 bits per heavy atom. The second kappa shape index (κ2) is 10.1. The molecule has 30 heavy (non-hydrogen) atoms. The van der Waals surface area contributed by atoms with E-state index >= 15 is 0 Å². The molecule has 0 unspecified atom stereocenters. The first kappa shape index (κ1) is 20.2. The van der Waals surface area contributed by atoms with Gasteiger partial charge < -0.3 is 5.32 Å². The van der Waals surface area contributed by atoms with Gasteiger partial charge in [0.1, 0.15) is 0 Å². The number of aryl methyl sites for hydroxylation is 1. The van der Waals surface area contributed by atoms with E-state index in [0.717, 1.165) is 18.7 Å². The minimum Gasteiger partial charge on any atom is -0.354 e. The fourth-order valence-electron chi connectivity index (χ4n) is 3.91. The predicted octanol–water partition coefficient (Wildman–Crippen LogP) is 3.07. The fourth-order valence-corrected chi connectivity index (χ4v) is 3.91. The van der Waals surface area contributed by atoms with E-state index in [9.17, 15) is 4.79 Å². The third kappa shape index (κ3) is 5.30. The molecule has 0 saturated carbocycles. The molecule has 1 aromatic heterocycles. The number of carbonyl (C=O) groups excluding carboxylic acids is 1. The molecule has 1 aliphatic rings. The highest BCUT2D eigenvalue weighted by Gasteiger charge is 2.23. The Balaban J connectivity index is 1.25. The molecule has 1 aliphatic heterocycles. The number of carbonyl (C=O) groups is 1. The Bertz CT molecular complexity index is 921. The molecule has 2 aromatic carbocycles. The van der Waals surface area contributed by atoms with Gasteiger partial charge in [-0.3, -0.25) is 9.69 Å². The lowest BCUT2D eigenvalue weighted by molar-refractivity contribution is -0.121. The van der Waals surface area contributed by atoms with Crippen LogP contribution in [0.5, 0.6) is 0 Å². The molecule has 0 radical (unpaired) electrons. The topological polar surface area (TPSA) is 75.9 Å². The van der Waals surface area contributed by atoms with E-state index in [1.165, 1.54) is 18.4 Å². The van der Waals surface area contributed by atoms with Gasteiger partial charge >= 0.3 is 0 Å². The molecule has 3 aromatic rings. The van der Waals surface area contributed by atoms with Crippen molar-refractivity contribution in [1.29, 1.82) is 0 Å². The van der Waals surface area contributed by atoms with Crippen molar-refractivity contribution in [3.8, 4) is 11.4 Å². The lowest BCUT2D eigenvalue weighted by atomic mass is 10.1. The summed E-state index contributed by atoms with van der Waals surface area (Å²) in [4.78, 5) is 16.4. The summed E-state index contributed by atoms with van der Waals surface area (Å²) in [5.74, 6) is 0.676. The van der Waals surface area contributed by atoms with Crippen LogP contribution in [0.25, 0.3) is 11.4 Å². The molecule has 1 saturated heterocycles. The fraction of sp³-hybridized carbons (Fsp3) is 0.391. The van der Waals surface area contributed by atoms with Crippen molar-refractivity contribution >= 4 is 5.91 Å². The maximum atomic E-state index is 12.4. The van der Waals surface area contributed by atoms with Gasteiger partial charge in [-0.05, 0) is 43.1 Å². The number of hydrogen-bond acceptors (Lipinski definition) is 5. The number of amides is 1. The lowest BCUT2D eigenvalue weighted by Crippen LogP contribution is -2.36. The van der Waals surface area contributed by atoms with E-state index in [1.54, 1.807) is 4.80 Å². The molecule has 1 fully saturated rings. The van der Waals surface area contributed by atoms with E-state index in [4.69, 9.17) is 0 Å². The molecular formula is C23H28N6O. The maximum Gasteiger partial charge on any atom is 0.220 e. The Kier molecular flexibility index (Phi) is 6.82. The van der Waals surface area contributed by atoms with Crippen LogP contribution in [0.15, 0.2) is 60.7 Å². The third-order valence-corrected chi connectivity index (χ3v) is 5.51. The van der Waals surface area contributed by atoms with Crippen LogP contribution in [-0.2, 0) is 11.3 Å². The van der Waals surface area contributed by atoms with Gasteiger partial charge in [0.15, 0.2) is 0 Å². The second-order valence-corrected chi connectivity index (χ2v) is 7.65. The van der Waals surface area contributed by atoms with Crippen molar-refractivity contribution in [3.63, 3.8) is 0 Å². The highest BCUT2D eigenvalue weighted by molar-refractivity contribution is 5.75. The maximum absolute atomic E-state index is 12.4. The largest absolute Gasteiger partial charge is 0.354 e. The van der Waals surface area contributed by atoms with Crippen molar-refractivity contribution in [1.82, 2.24) is 30.4 Å². The van der Waals surface area contributed by atoms with Crippen molar-refractivity contribution in [2.24, 2.45) is 0 Å². The van der Waals surface area contributed by atoms with Gasteiger partial charge in [0.05, 0.1) is 12.6 Å². The molecule has 0 bridgehead atoms. The minimum absolute atomic E-state index is 0.0681. The summed E-state index contributed by atoms with van der Waals surface area (Å²) in [7, 11) is 0. The molecule has 156 valence electrons. The van der Waals surface area contributed by atoms with E-state index < -0.39 is 0 Å². The van der Waals surface area contributed by atoms with Crippen LogP contribution < -0.4 is 5.32 Å². The standard InChI is InChI=1S/C23H28N6O/c30-22(14-9-17-29-26-23(25-27-29)20-12-5-2-6-13-20)24-18-21(28-15-7-8-16-28)19-10-3-1-4-11-19/h1-6,10-13,21H,7-9,14-18H2,(H,24,30)/t21-/m0/s1. The van der Waals surface area contributed by atoms with Gasteiger partial charge in [-0.25, -0.2) is 0 Å². The molecule has 1 amide bonds. The number of nitrogens with zero attached hydrogens (tertiary/aromatic N) is 5. The van der Waals surface area contributed by atoms with Crippen molar-refractivity contribution < 1.29 is 4.79 Å². The zero-order valence-corrected chi connectivity index (χ0v) is 17.2. The molecule has 7 heteroatoms. The van der Waals surface area contributed by atoms with Crippen LogP contribution >= 0.6 is 0 Å². The van der Waals surface area contributed by atoms with Gasteiger partial charge in [0, 0.05) is 18.5 Å². The SMILES string of the molecule is O=C(CCCn1nnc(-c2ccccc2)n1)NC[C@@H](c1ccccc1)N1CCCC1. The molecule has 0 spiro atoms. The van der Waals surface area contributed by atoms with Gasteiger partial charge in [0.25, 0.3) is 0 Å². The first-order valence-electron chi connectivity index (χ1n) is 10.7. The average molecular weight is 405 g/mol. The van der Waals surface area contributed by atoms with Crippen LogP contribution in [-0.4, -0.2) is 50.6 Å². The summed E-state index contributed by atoms with van der Waals surface area (Å²) in [6.07, 6.45) is 3.58. The summed E-state index contributed by atoms with van der Waals surface area (Å²) in [5, 5.41) is 15.7. The van der Waals surface area contributed by atoms with Crippen LogP contribution in [0.3, 0.4) is 0 Å². The average Bonchev–Trinajstić information content (AvgIpc) is 3.48.